The van der Waals surface area contributed by atoms with Gasteiger partial charge < -0.3 is 10.5 Å². The highest BCUT2D eigenvalue weighted by molar-refractivity contribution is 5.39. The number of hydrogen-bond acceptors (Lipinski definition) is 3. The summed E-state index contributed by atoms with van der Waals surface area (Å²) in [4.78, 5) is 3.15. The summed E-state index contributed by atoms with van der Waals surface area (Å²) in [5, 5.41) is 0. The van der Waals surface area contributed by atoms with E-state index in [-0.39, 0.29) is 5.69 Å². The zero-order chi connectivity index (χ0) is 14.1. The van der Waals surface area contributed by atoms with Crippen LogP contribution in [0.4, 0.5) is 26.3 Å². The van der Waals surface area contributed by atoms with Crippen LogP contribution in [0.1, 0.15) is 17.0 Å². The molecule has 0 aliphatic heterocycles. The van der Waals surface area contributed by atoms with Crippen LogP contribution in [0.2, 0.25) is 0 Å². The molecule has 0 amide bonds. The molecule has 2 N–H and O–H groups in total. The number of nitrogens with zero attached hydrogens (tertiary/aromatic N) is 1. The molecule has 0 spiro atoms. The predicted octanol–water partition coefficient (Wildman–Crippen LogP) is 2.77. The Bertz CT molecular complexity index is 440. The Morgan fingerprint density at radius 2 is 1.78 bits per heavy atom. The van der Waals surface area contributed by atoms with E-state index in [1.165, 1.54) is 0 Å². The largest absolute Gasteiger partial charge is 0.573 e. The van der Waals surface area contributed by atoms with Gasteiger partial charge in [0, 0.05) is 23.9 Å². The van der Waals surface area contributed by atoms with Gasteiger partial charge in [0.2, 0.25) is 0 Å². The summed E-state index contributed by atoms with van der Waals surface area (Å²) in [6, 6.07) is 0.755. The highest BCUT2D eigenvalue weighted by Gasteiger charge is 2.39. The molecule has 0 fully saturated rings. The monoisotopic (exact) mass is 274 g/mol. The summed E-state index contributed by atoms with van der Waals surface area (Å²) in [6.07, 6.45) is -10.00. The van der Waals surface area contributed by atoms with Crippen LogP contribution >= 0.6 is 0 Å². The number of hydrogen-bond donors (Lipinski definition) is 1. The molecular formula is C9H8F6N2O. The first-order valence-electron chi connectivity index (χ1n) is 4.58. The summed E-state index contributed by atoms with van der Waals surface area (Å²) in [7, 11) is 0. The second kappa shape index (κ2) is 4.63. The lowest BCUT2D eigenvalue weighted by Gasteiger charge is -2.17. The summed E-state index contributed by atoms with van der Waals surface area (Å²) >= 11 is 0. The van der Waals surface area contributed by atoms with E-state index in [9.17, 15) is 26.3 Å². The Hall–Kier alpha value is -1.51. The van der Waals surface area contributed by atoms with E-state index in [1.54, 1.807) is 0 Å². The van der Waals surface area contributed by atoms with Crippen LogP contribution < -0.4 is 10.5 Å². The van der Waals surface area contributed by atoms with Gasteiger partial charge in [0.1, 0.15) is 5.75 Å². The van der Waals surface area contributed by atoms with Crippen LogP contribution in [-0.2, 0) is 12.7 Å². The fourth-order valence-corrected chi connectivity index (χ4v) is 1.32. The van der Waals surface area contributed by atoms with E-state index in [4.69, 9.17) is 5.73 Å². The van der Waals surface area contributed by atoms with E-state index >= 15 is 0 Å². The molecule has 1 aromatic heterocycles. The molecule has 1 heterocycles. The maximum Gasteiger partial charge on any atom is 0.573 e. The third-order valence-corrected chi connectivity index (χ3v) is 1.91. The molecule has 0 saturated heterocycles. The van der Waals surface area contributed by atoms with Crippen molar-refractivity contribution in [2.75, 3.05) is 0 Å². The van der Waals surface area contributed by atoms with Crippen molar-refractivity contribution in [3.63, 3.8) is 0 Å². The second-order valence-electron chi connectivity index (χ2n) is 3.34. The van der Waals surface area contributed by atoms with E-state index < -0.39 is 36.1 Å². The normalized spacial score (nSPS) is 12.7. The first-order valence-corrected chi connectivity index (χ1v) is 4.58. The number of ether oxygens (including phenoxy) is 1. The molecule has 0 radical (unpaired) electrons. The molecular weight excluding hydrogens is 266 g/mol. The summed E-state index contributed by atoms with van der Waals surface area (Å²) < 4.78 is 77.4. The highest BCUT2D eigenvalue weighted by atomic mass is 19.4. The molecule has 0 unspecified atom stereocenters. The van der Waals surface area contributed by atoms with Gasteiger partial charge in [-0.25, -0.2) is 4.98 Å². The molecule has 1 rings (SSSR count). The molecule has 0 saturated carbocycles. The number of aromatic nitrogens is 1. The number of alkyl halides is 6. The van der Waals surface area contributed by atoms with Gasteiger partial charge in [-0.3, -0.25) is 0 Å². The van der Waals surface area contributed by atoms with Crippen molar-refractivity contribution in [2.45, 2.75) is 26.0 Å². The Morgan fingerprint density at radius 3 is 2.17 bits per heavy atom. The van der Waals surface area contributed by atoms with Gasteiger partial charge in [0.05, 0.1) is 0 Å². The lowest BCUT2D eigenvalue weighted by Crippen LogP contribution is -2.22. The first kappa shape index (κ1) is 14.6. The number of pyridine rings is 1. The van der Waals surface area contributed by atoms with E-state index in [0.29, 0.717) is 0 Å². The van der Waals surface area contributed by atoms with Gasteiger partial charge in [0.15, 0.2) is 5.69 Å². The lowest BCUT2D eigenvalue weighted by atomic mass is 10.1. The van der Waals surface area contributed by atoms with Gasteiger partial charge >= 0.3 is 12.5 Å². The molecule has 9 heteroatoms. The SMILES string of the molecule is Cc1cc(OC(F)(F)F)c(CN)c(C(F)(F)F)n1. The molecule has 18 heavy (non-hydrogen) atoms. The summed E-state index contributed by atoms with van der Waals surface area (Å²) in [6.45, 7) is 0.353. The van der Waals surface area contributed by atoms with E-state index in [2.05, 4.69) is 9.72 Å². The maximum atomic E-state index is 12.6. The molecule has 0 atom stereocenters. The number of halogens is 6. The van der Waals surface area contributed by atoms with Gasteiger partial charge in [0.25, 0.3) is 0 Å². The fourth-order valence-electron chi connectivity index (χ4n) is 1.32. The van der Waals surface area contributed by atoms with Crippen LogP contribution in [0.5, 0.6) is 5.75 Å². The van der Waals surface area contributed by atoms with E-state index in [0.717, 1.165) is 13.0 Å². The van der Waals surface area contributed by atoms with Crippen molar-refractivity contribution < 1.29 is 31.1 Å². The average Bonchev–Trinajstić information content (AvgIpc) is 2.12. The molecule has 3 nitrogen and oxygen atoms in total. The van der Waals surface area contributed by atoms with Gasteiger partial charge in [-0.05, 0) is 6.92 Å². The quantitative estimate of drug-likeness (QED) is 0.843. The van der Waals surface area contributed by atoms with Crippen molar-refractivity contribution in [1.82, 2.24) is 4.98 Å². The van der Waals surface area contributed by atoms with Crippen LogP contribution in [0.25, 0.3) is 0 Å². The fraction of sp³-hybridized carbons (Fsp3) is 0.444. The zero-order valence-electron chi connectivity index (χ0n) is 8.99. The lowest BCUT2D eigenvalue weighted by molar-refractivity contribution is -0.275. The molecule has 0 aromatic carbocycles. The van der Waals surface area contributed by atoms with Gasteiger partial charge in [-0.2, -0.15) is 13.2 Å². The molecule has 1 aromatic rings. The number of rotatable bonds is 2. The Morgan fingerprint density at radius 1 is 1.22 bits per heavy atom. The van der Waals surface area contributed by atoms with Crippen molar-refractivity contribution in [1.29, 1.82) is 0 Å². The van der Waals surface area contributed by atoms with Crippen molar-refractivity contribution in [3.05, 3.63) is 23.0 Å². The second-order valence-corrected chi connectivity index (χ2v) is 3.34. The smallest absolute Gasteiger partial charge is 0.405 e. The zero-order valence-corrected chi connectivity index (χ0v) is 8.99. The Balaban J connectivity index is 3.39. The molecule has 0 aliphatic rings. The topological polar surface area (TPSA) is 48.1 Å². The molecule has 0 aliphatic carbocycles. The van der Waals surface area contributed by atoms with Crippen molar-refractivity contribution in [2.24, 2.45) is 5.73 Å². The summed E-state index contributed by atoms with van der Waals surface area (Å²) in [5.41, 5.74) is 2.48. The minimum atomic E-state index is -5.10. The molecule has 0 bridgehead atoms. The van der Waals surface area contributed by atoms with Gasteiger partial charge in [-0.15, -0.1) is 13.2 Å². The average molecular weight is 274 g/mol. The minimum Gasteiger partial charge on any atom is -0.405 e. The number of aryl methyl sites for hydroxylation is 1. The van der Waals surface area contributed by atoms with Crippen LogP contribution in [0.15, 0.2) is 6.07 Å². The number of nitrogens with two attached hydrogens (primary N) is 1. The Kier molecular flexibility index (Phi) is 3.75. The third-order valence-electron chi connectivity index (χ3n) is 1.91. The third kappa shape index (κ3) is 3.49. The predicted molar refractivity (Wildman–Crippen MR) is 48.6 cm³/mol. The van der Waals surface area contributed by atoms with Crippen LogP contribution in [-0.4, -0.2) is 11.3 Å². The standard InChI is InChI=1S/C9H8F6N2O/c1-4-2-6(18-9(13,14)15)5(3-16)7(17-4)8(10,11)12/h2H,3,16H2,1H3. The molecule has 102 valence electrons. The Labute approximate surface area is 97.6 Å². The summed E-state index contributed by atoms with van der Waals surface area (Å²) in [5.74, 6) is -0.982. The maximum absolute atomic E-state index is 12.6. The minimum absolute atomic E-state index is 0.251. The van der Waals surface area contributed by atoms with Crippen molar-refractivity contribution >= 4 is 0 Å². The highest BCUT2D eigenvalue weighted by Crippen LogP contribution is 2.36. The van der Waals surface area contributed by atoms with Crippen LogP contribution in [0.3, 0.4) is 0 Å². The van der Waals surface area contributed by atoms with Crippen LogP contribution in [0, 0.1) is 6.92 Å². The van der Waals surface area contributed by atoms with E-state index in [1.807, 2.05) is 0 Å². The first-order chi connectivity index (χ1) is 8.04. The van der Waals surface area contributed by atoms with Gasteiger partial charge in [-0.1, -0.05) is 0 Å². The van der Waals surface area contributed by atoms with Crippen molar-refractivity contribution in [3.8, 4) is 5.75 Å².